The molecule has 1 heterocycles. The Morgan fingerprint density at radius 2 is 2.17 bits per heavy atom. The average Bonchev–Trinajstić information content (AvgIpc) is 2.37. The number of pyridine rings is 1. The lowest BCUT2D eigenvalue weighted by molar-refractivity contribution is 0.0696. The molecule has 0 atom stereocenters. The van der Waals surface area contributed by atoms with Gasteiger partial charge in [-0.25, -0.2) is 9.78 Å². The Hall–Kier alpha value is -1.88. The molecule has 0 aliphatic heterocycles. The van der Waals surface area contributed by atoms with Gasteiger partial charge in [0.15, 0.2) is 0 Å². The van der Waals surface area contributed by atoms with Crippen LogP contribution in [0.5, 0.6) is 5.88 Å². The third-order valence-electron chi connectivity index (χ3n) is 2.26. The fourth-order valence-corrected chi connectivity index (χ4v) is 1.82. The Labute approximate surface area is 112 Å². The molecule has 1 N–H and O–H groups in total. The van der Waals surface area contributed by atoms with Crippen molar-refractivity contribution < 1.29 is 14.6 Å². The summed E-state index contributed by atoms with van der Waals surface area (Å²) in [5, 5.41) is 8.73. The number of ether oxygens (including phenoxy) is 1. The van der Waals surface area contributed by atoms with Gasteiger partial charge in [0.1, 0.15) is 6.61 Å². The average molecular weight is 308 g/mol. The molecule has 0 aliphatic rings. The van der Waals surface area contributed by atoms with E-state index in [9.17, 15) is 4.79 Å². The van der Waals surface area contributed by atoms with Crippen LogP contribution in [-0.2, 0) is 6.61 Å². The van der Waals surface area contributed by atoms with E-state index in [1.165, 1.54) is 12.3 Å². The van der Waals surface area contributed by atoms with E-state index in [-0.39, 0.29) is 5.56 Å². The van der Waals surface area contributed by atoms with Crippen molar-refractivity contribution in [1.82, 2.24) is 4.98 Å². The van der Waals surface area contributed by atoms with Gasteiger partial charge in [-0.15, -0.1) is 0 Å². The summed E-state index contributed by atoms with van der Waals surface area (Å²) < 4.78 is 6.44. The molecule has 0 saturated carbocycles. The number of hydrogen-bond donors (Lipinski definition) is 1. The van der Waals surface area contributed by atoms with E-state index in [1.807, 2.05) is 24.3 Å². The number of aromatic carboxylic acids is 1. The zero-order valence-corrected chi connectivity index (χ0v) is 10.9. The molecule has 1 aromatic carbocycles. The van der Waals surface area contributed by atoms with E-state index < -0.39 is 5.97 Å². The first-order valence-electron chi connectivity index (χ1n) is 5.22. The Kier molecular flexibility index (Phi) is 3.94. The van der Waals surface area contributed by atoms with Crippen molar-refractivity contribution in [3.05, 3.63) is 58.2 Å². The first-order chi connectivity index (χ1) is 8.65. The topological polar surface area (TPSA) is 59.4 Å². The second kappa shape index (κ2) is 5.64. The van der Waals surface area contributed by atoms with Gasteiger partial charge in [-0.2, -0.15) is 0 Å². The zero-order chi connectivity index (χ0) is 13.0. The number of carboxylic acid groups (broad SMARTS) is 1. The van der Waals surface area contributed by atoms with E-state index in [0.29, 0.717) is 12.5 Å². The van der Waals surface area contributed by atoms with E-state index in [0.717, 1.165) is 10.0 Å². The summed E-state index contributed by atoms with van der Waals surface area (Å²) in [4.78, 5) is 14.6. The van der Waals surface area contributed by atoms with E-state index in [1.54, 1.807) is 6.07 Å². The molecule has 0 spiro atoms. The van der Waals surface area contributed by atoms with Crippen molar-refractivity contribution in [2.45, 2.75) is 6.61 Å². The zero-order valence-electron chi connectivity index (χ0n) is 9.34. The van der Waals surface area contributed by atoms with Gasteiger partial charge in [-0.1, -0.05) is 28.1 Å². The Bertz CT molecular complexity index is 554. The van der Waals surface area contributed by atoms with Crippen molar-refractivity contribution in [3.8, 4) is 5.88 Å². The van der Waals surface area contributed by atoms with Gasteiger partial charge in [0.25, 0.3) is 0 Å². The molecule has 0 amide bonds. The first-order valence-corrected chi connectivity index (χ1v) is 6.01. The number of benzene rings is 1. The van der Waals surface area contributed by atoms with Crippen molar-refractivity contribution in [2.75, 3.05) is 0 Å². The second-order valence-electron chi connectivity index (χ2n) is 3.61. The third kappa shape index (κ3) is 3.30. The summed E-state index contributed by atoms with van der Waals surface area (Å²) in [6, 6.07) is 10.8. The maximum Gasteiger partial charge on any atom is 0.337 e. The molecule has 2 aromatic rings. The van der Waals surface area contributed by atoms with Crippen LogP contribution in [0.25, 0.3) is 0 Å². The fraction of sp³-hybridized carbons (Fsp3) is 0.0769. The van der Waals surface area contributed by atoms with Crippen LogP contribution >= 0.6 is 15.9 Å². The van der Waals surface area contributed by atoms with Crippen LogP contribution in [0.3, 0.4) is 0 Å². The molecular weight excluding hydrogens is 298 g/mol. The van der Waals surface area contributed by atoms with Crippen molar-refractivity contribution in [3.63, 3.8) is 0 Å². The van der Waals surface area contributed by atoms with Gasteiger partial charge >= 0.3 is 5.97 Å². The summed E-state index contributed by atoms with van der Waals surface area (Å²) in [5.74, 6) is -0.596. The van der Waals surface area contributed by atoms with E-state index >= 15 is 0 Å². The molecule has 2 rings (SSSR count). The van der Waals surface area contributed by atoms with Crippen LogP contribution in [-0.4, -0.2) is 16.1 Å². The summed E-state index contributed by atoms with van der Waals surface area (Å²) >= 11 is 3.38. The van der Waals surface area contributed by atoms with Crippen LogP contribution in [0.4, 0.5) is 0 Å². The lowest BCUT2D eigenvalue weighted by Gasteiger charge is -2.05. The second-order valence-corrected chi connectivity index (χ2v) is 4.52. The molecule has 1 aromatic heterocycles. The van der Waals surface area contributed by atoms with Gasteiger partial charge in [0, 0.05) is 16.7 Å². The predicted octanol–water partition coefficient (Wildman–Crippen LogP) is 3.12. The van der Waals surface area contributed by atoms with Crippen molar-refractivity contribution in [2.24, 2.45) is 0 Å². The number of halogens is 1. The van der Waals surface area contributed by atoms with E-state index in [2.05, 4.69) is 20.9 Å². The molecule has 4 nitrogen and oxygen atoms in total. The van der Waals surface area contributed by atoms with Gasteiger partial charge < -0.3 is 9.84 Å². The van der Waals surface area contributed by atoms with Crippen LogP contribution in [0, 0.1) is 0 Å². The van der Waals surface area contributed by atoms with Crippen LogP contribution in [0.15, 0.2) is 47.1 Å². The van der Waals surface area contributed by atoms with Crippen molar-refractivity contribution >= 4 is 21.9 Å². The standard InChI is InChI=1S/C13H10BrNO3/c14-11-3-1-2-9(6-11)8-18-12-5-4-10(7-15-12)13(16)17/h1-7H,8H2,(H,16,17). The number of carbonyl (C=O) groups is 1. The van der Waals surface area contributed by atoms with Gasteiger partial charge in [0.05, 0.1) is 5.56 Å². The summed E-state index contributed by atoms with van der Waals surface area (Å²) in [6.07, 6.45) is 1.28. The Balaban J connectivity index is 2.00. The number of aromatic nitrogens is 1. The van der Waals surface area contributed by atoms with Crippen molar-refractivity contribution in [1.29, 1.82) is 0 Å². The van der Waals surface area contributed by atoms with Crippen LogP contribution in [0.2, 0.25) is 0 Å². The smallest absolute Gasteiger partial charge is 0.337 e. The number of rotatable bonds is 4. The SMILES string of the molecule is O=C(O)c1ccc(OCc2cccc(Br)c2)nc1. The van der Waals surface area contributed by atoms with Gasteiger partial charge in [-0.3, -0.25) is 0 Å². The number of nitrogens with zero attached hydrogens (tertiary/aromatic N) is 1. The molecule has 5 heteroatoms. The lowest BCUT2D eigenvalue weighted by atomic mass is 10.2. The Morgan fingerprint density at radius 3 is 2.78 bits per heavy atom. The predicted molar refractivity (Wildman–Crippen MR) is 69.7 cm³/mol. The van der Waals surface area contributed by atoms with Crippen LogP contribution < -0.4 is 4.74 Å². The minimum Gasteiger partial charge on any atom is -0.478 e. The molecule has 0 saturated heterocycles. The highest BCUT2D eigenvalue weighted by molar-refractivity contribution is 9.10. The highest BCUT2D eigenvalue weighted by atomic mass is 79.9. The van der Waals surface area contributed by atoms with Gasteiger partial charge in [0.2, 0.25) is 5.88 Å². The monoisotopic (exact) mass is 307 g/mol. The maximum absolute atomic E-state index is 10.6. The van der Waals surface area contributed by atoms with E-state index in [4.69, 9.17) is 9.84 Å². The third-order valence-corrected chi connectivity index (χ3v) is 2.75. The molecule has 0 bridgehead atoms. The quantitative estimate of drug-likeness (QED) is 0.943. The minimum atomic E-state index is -0.999. The largest absolute Gasteiger partial charge is 0.478 e. The van der Waals surface area contributed by atoms with Crippen LogP contribution in [0.1, 0.15) is 15.9 Å². The fourth-order valence-electron chi connectivity index (χ4n) is 1.38. The molecule has 0 fully saturated rings. The molecule has 0 radical (unpaired) electrons. The number of carboxylic acids is 1. The highest BCUT2D eigenvalue weighted by Crippen LogP contribution is 2.14. The molecular formula is C13H10BrNO3. The minimum absolute atomic E-state index is 0.143. The first kappa shape index (κ1) is 12.6. The molecule has 0 aliphatic carbocycles. The summed E-state index contributed by atoms with van der Waals surface area (Å²) in [7, 11) is 0. The molecule has 0 unspecified atom stereocenters. The molecule has 18 heavy (non-hydrogen) atoms. The van der Waals surface area contributed by atoms with Gasteiger partial charge in [-0.05, 0) is 23.8 Å². The normalized spacial score (nSPS) is 10.1. The Morgan fingerprint density at radius 1 is 1.33 bits per heavy atom. The summed E-state index contributed by atoms with van der Waals surface area (Å²) in [6.45, 7) is 0.388. The molecule has 92 valence electrons. The summed E-state index contributed by atoms with van der Waals surface area (Å²) in [5.41, 5.74) is 1.15. The highest BCUT2D eigenvalue weighted by Gasteiger charge is 2.03. The lowest BCUT2D eigenvalue weighted by Crippen LogP contribution is -2.00. The maximum atomic E-state index is 10.6. The number of hydrogen-bond acceptors (Lipinski definition) is 3.